The van der Waals surface area contributed by atoms with E-state index in [2.05, 4.69) is 11.9 Å². The van der Waals surface area contributed by atoms with Gasteiger partial charge in [0.2, 0.25) is 0 Å². The lowest BCUT2D eigenvalue weighted by Crippen LogP contribution is -2.42. The molecule has 2 aliphatic rings. The first kappa shape index (κ1) is 19.0. The molecule has 2 aromatic rings. The Morgan fingerprint density at radius 2 is 1.86 bits per heavy atom. The van der Waals surface area contributed by atoms with Crippen LogP contribution < -0.4 is 10.4 Å². The third-order valence-electron chi connectivity index (χ3n) is 5.89. The number of rotatable bonds is 3. The van der Waals surface area contributed by atoms with Crippen LogP contribution in [0.5, 0.6) is 5.75 Å². The number of carbonyl (C=O) groups excluding carboxylic acids is 1. The van der Waals surface area contributed by atoms with Crippen LogP contribution in [-0.2, 0) is 17.6 Å². The highest BCUT2D eigenvalue weighted by Crippen LogP contribution is 2.29. The molecule has 0 saturated carbocycles. The topological polar surface area (TPSA) is 63.0 Å². The first-order valence-corrected chi connectivity index (χ1v) is 10.3. The minimum atomic E-state index is -0.579. The van der Waals surface area contributed by atoms with Gasteiger partial charge in [-0.1, -0.05) is 0 Å². The molecule has 4 rings (SSSR count). The van der Waals surface area contributed by atoms with E-state index in [1.807, 2.05) is 17.0 Å². The first-order chi connectivity index (χ1) is 13.5. The number of amides is 1. The van der Waals surface area contributed by atoms with Crippen molar-refractivity contribution >= 4 is 16.9 Å². The summed E-state index contributed by atoms with van der Waals surface area (Å²) in [4.78, 5) is 29.2. The van der Waals surface area contributed by atoms with E-state index in [0.717, 1.165) is 74.8 Å². The number of carbonyl (C=O) groups is 1. The van der Waals surface area contributed by atoms with Crippen LogP contribution >= 0.6 is 0 Å². The van der Waals surface area contributed by atoms with Crippen molar-refractivity contribution in [3.8, 4) is 5.75 Å². The highest BCUT2D eigenvalue weighted by molar-refractivity contribution is 5.84. The normalized spacial score (nSPS) is 19.1. The van der Waals surface area contributed by atoms with Gasteiger partial charge >= 0.3 is 5.63 Å². The molecule has 1 aliphatic heterocycles. The molecular formula is C22H28N2O4. The van der Waals surface area contributed by atoms with E-state index in [4.69, 9.17) is 9.15 Å². The highest BCUT2D eigenvalue weighted by Gasteiger charge is 2.24. The van der Waals surface area contributed by atoms with Crippen LogP contribution in [-0.4, -0.2) is 55.0 Å². The van der Waals surface area contributed by atoms with E-state index in [1.54, 1.807) is 13.0 Å². The second kappa shape index (κ2) is 7.95. The zero-order chi connectivity index (χ0) is 19.7. The molecule has 1 unspecified atom stereocenters. The van der Waals surface area contributed by atoms with Crippen molar-refractivity contribution in [2.45, 2.75) is 45.1 Å². The van der Waals surface area contributed by atoms with Crippen LogP contribution in [0.2, 0.25) is 0 Å². The number of aryl methyl sites for hydroxylation is 1. The van der Waals surface area contributed by atoms with E-state index in [9.17, 15) is 9.59 Å². The standard InChI is InChI=1S/C22H28N2O4/c1-15(21(25)24-11-5-10-23(2)12-13-24)27-16-8-9-18-17-6-3-4-7-19(17)22(26)28-20(18)14-16/h8-9,14-15H,3-7,10-13H2,1-2H3. The molecule has 1 saturated heterocycles. The van der Waals surface area contributed by atoms with E-state index >= 15 is 0 Å². The van der Waals surface area contributed by atoms with Crippen molar-refractivity contribution in [3.63, 3.8) is 0 Å². The summed E-state index contributed by atoms with van der Waals surface area (Å²) in [6.07, 6.45) is 4.24. The summed E-state index contributed by atoms with van der Waals surface area (Å²) in [7, 11) is 2.08. The zero-order valence-electron chi connectivity index (χ0n) is 16.7. The van der Waals surface area contributed by atoms with Gasteiger partial charge in [0, 0.05) is 36.7 Å². The molecular weight excluding hydrogens is 356 g/mol. The lowest BCUT2D eigenvalue weighted by molar-refractivity contribution is -0.137. The first-order valence-electron chi connectivity index (χ1n) is 10.3. The lowest BCUT2D eigenvalue weighted by Gasteiger charge is -2.24. The monoisotopic (exact) mass is 384 g/mol. The van der Waals surface area contributed by atoms with Gasteiger partial charge in [-0.25, -0.2) is 4.79 Å². The molecule has 0 N–H and O–H groups in total. The number of ether oxygens (including phenoxy) is 1. The molecule has 150 valence electrons. The Labute approximate surface area is 165 Å². The number of fused-ring (bicyclic) bond motifs is 3. The van der Waals surface area contributed by atoms with Gasteiger partial charge in [-0.05, 0) is 70.3 Å². The van der Waals surface area contributed by atoms with Crippen molar-refractivity contribution in [3.05, 3.63) is 39.7 Å². The lowest BCUT2D eigenvalue weighted by atomic mass is 9.91. The molecule has 28 heavy (non-hydrogen) atoms. The predicted octanol–water partition coefficient (Wildman–Crippen LogP) is 2.60. The van der Waals surface area contributed by atoms with Gasteiger partial charge in [0.15, 0.2) is 6.10 Å². The summed E-state index contributed by atoms with van der Waals surface area (Å²) in [5.74, 6) is 0.557. The highest BCUT2D eigenvalue weighted by atomic mass is 16.5. The molecule has 0 spiro atoms. The second-order valence-corrected chi connectivity index (χ2v) is 7.95. The molecule has 6 nitrogen and oxygen atoms in total. The fourth-order valence-electron chi connectivity index (χ4n) is 4.28. The van der Waals surface area contributed by atoms with Gasteiger partial charge in [-0.2, -0.15) is 0 Å². The summed E-state index contributed by atoms with van der Waals surface area (Å²) in [5.41, 5.74) is 2.24. The van der Waals surface area contributed by atoms with E-state index in [-0.39, 0.29) is 11.5 Å². The van der Waals surface area contributed by atoms with Crippen molar-refractivity contribution in [2.24, 2.45) is 0 Å². The van der Waals surface area contributed by atoms with Crippen LogP contribution in [0.4, 0.5) is 0 Å². The molecule has 1 aromatic carbocycles. The van der Waals surface area contributed by atoms with Gasteiger partial charge in [0.1, 0.15) is 11.3 Å². The van der Waals surface area contributed by atoms with Crippen LogP contribution in [0.3, 0.4) is 0 Å². The third kappa shape index (κ3) is 3.78. The Kier molecular flexibility index (Phi) is 5.40. The summed E-state index contributed by atoms with van der Waals surface area (Å²) in [6.45, 7) is 5.15. The van der Waals surface area contributed by atoms with Crippen molar-refractivity contribution in [1.29, 1.82) is 0 Å². The average Bonchev–Trinajstić information content (AvgIpc) is 2.92. The SMILES string of the molecule is CC(Oc1ccc2c3c(c(=O)oc2c1)CCCC3)C(=O)N1CCCN(C)CC1. The van der Waals surface area contributed by atoms with Gasteiger partial charge in [0.05, 0.1) is 0 Å². The van der Waals surface area contributed by atoms with Crippen LogP contribution in [0.25, 0.3) is 11.0 Å². The summed E-state index contributed by atoms with van der Waals surface area (Å²) < 4.78 is 11.5. The Bertz CT molecular complexity index is 936. The molecule has 0 bridgehead atoms. The molecule has 0 radical (unpaired) electrons. The summed E-state index contributed by atoms with van der Waals surface area (Å²) >= 11 is 0. The third-order valence-corrected chi connectivity index (χ3v) is 5.89. The predicted molar refractivity (Wildman–Crippen MR) is 108 cm³/mol. The maximum absolute atomic E-state index is 12.8. The quantitative estimate of drug-likeness (QED) is 0.761. The minimum absolute atomic E-state index is 0.00212. The largest absolute Gasteiger partial charge is 0.481 e. The average molecular weight is 384 g/mol. The fraction of sp³-hybridized carbons (Fsp3) is 0.545. The maximum Gasteiger partial charge on any atom is 0.339 e. The Balaban J connectivity index is 1.53. The molecule has 1 fully saturated rings. The van der Waals surface area contributed by atoms with Crippen LogP contribution in [0.15, 0.2) is 27.4 Å². The number of likely N-dealkylation sites (N-methyl/N-ethyl adjacent to an activating group) is 1. The van der Waals surface area contributed by atoms with Gasteiger partial charge in [-0.15, -0.1) is 0 Å². The van der Waals surface area contributed by atoms with Gasteiger partial charge in [0.25, 0.3) is 5.91 Å². The summed E-state index contributed by atoms with van der Waals surface area (Å²) in [6, 6.07) is 5.57. The zero-order valence-corrected chi connectivity index (χ0v) is 16.7. The fourth-order valence-corrected chi connectivity index (χ4v) is 4.28. The summed E-state index contributed by atoms with van der Waals surface area (Å²) in [5, 5.41) is 0.983. The maximum atomic E-state index is 12.8. The number of benzene rings is 1. The van der Waals surface area contributed by atoms with E-state index in [1.165, 1.54) is 0 Å². The Morgan fingerprint density at radius 3 is 2.68 bits per heavy atom. The number of hydrogen-bond acceptors (Lipinski definition) is 5. The van der Waals surface area contributed by atoms with Crippen molar-refractivity contribution < 1.29 is 13.9 Å². The molecule has 1 aromatic heterocycles. The van der Waals surface area contributed by atoms with Crippen molar-refractivity contribution in [1.82, 2.24) is 9.80 Å². The second-order valence-electron chi connectivity index (χ2n) is 7.95. The Morgan fingerprint density at radius 1 is 1.07 bits per heavy atom. The molecule has 6 heteroatoms. The van der Waals surface area contributed by atoms with E-state index < -0.39 is 6.10 Å². The molecule has 1 atom stereocenters. The van der Waals surface area contributed by atoms with Gasteiger partial charge < -0.3 is 19.0 Å². The van der Waals surface area contributed by atoms with Crippen molar-refractivity contribution in [2.75, 3.05) is 33.2 Å². The Hall–Kier alpha value is -2.34. The van der Waals surface area contributed by atoms with Gasteiger partial charge in [-0.3, -0.25) is 4.79 Å². The molecule has 2 heterocycles. The molecule has 1 amide bonds. The number of nitrogens with zero attached hydrogens (tertiary/aromatic N) is 2. The van der Waals surface area contributed by atoms with Crippen LogP contribution in [0.1, 0.15) is 37.3 Å². The minimum Gasteiger partial charge on any atom is -0.481 e. The number of hydrogen-bond donors (Lipinski definition) is 0. The van der Waals surface area contributed by atoms with Crippen LogP contribution in [0, 0.1) is 0 Å². The van der Waals surface area contributed by atoms with E-state index in [0.29, 0.717) is 11.3 Å². The molecule has 1 aliphatic carbocycles. The smallest absolute Gasteiger partial charge is 0.339 e.